The first-order valence-corrected chi connectivity index (χ1v) is 6.25. The number of nitrogens with zero attached hydrogens (tertiary/aromatic N) is 1. The van der Waals surface area contributed by atoms with Gasteiger partial charge in [0, 0.05) is 10.1 Å². The van der Waals surface area contributed by atoms with Crippen LogP contribution in [0.5, 0.6) is 5.75 Å². The molecule has 6 heteroatoms. The van der Waals surface area contributed by atoms with Crippen molar-refractivity contribution >= 4 is 11.7 Å². The molecule has 3 rings (SSSR count). The van der Waals surface area contributed by atoms with Crippen LogP contribution in [0.3, 0.4) is 0 Å². The van der Waals surface area contributed by atoms with Crippen LogP contribution in [0.1, 0.15) is 18.4 Å². The van der Waals surface area contributed by atoms with E-state index in [1.165, 1.54) is 12.1 Å². The molecule has 2 heterocycles. The van der Waals surface area contributed by atoms with Crippen LogP contribution in [0.4, 0.5) is 4.53 Å². The molecule has 0 saturated carbocycles. The summed E-state index contributed by atoms with van der Waals surface area (Å²) < 4.78 is 12.0. The van der Waals surface area contributed by atoms with Crippen molar-refractivity contribution in [1.82, 2.24) is 10.6 Å². The van der Waals surface area contributed by atoms with Gasteiger partial charge in [-0.15, -0.1) is 0 Å². The molecule has 5 nitrogen and oxygen atoms in total. The second kappa shape index (κ2) is 4.62. The van der Waals surface area contributed by atoms with Gasteiger partial charge in [0.1, 0.15) is 11.4 Å². The number of piperidine rings is 1. The number of hydrogen-bond donors (Lipinski definition) is 2. The maximum Gasteiger partial charge on any atom is 0.253 e. The Bertz CT molecular complexity index is 521. The number of carbonyl (C=O) groups is 1. The van der Waals surface area contributed by atoms with Crippen molar-refractivity contribution in [1.29, 1.82) is 0 Å². The Balaban J connectivity index is 1.88. The summed E-state index contributed by atoms with van der Waals surface area (Å²) in [5.74, 6) is 0.636. The first-order valence-electron chi connectivity index (χ1n) is 6.25. The molecular weight excluding hydrogens is 249 g/mol. The van der Waals surface area contributed by atoms with Gasteiger partial charge in [-0.25, -0.2) is 0 Å². The SMILES string of the molecule is O=C1NC(c2ccc(OF)cc2)=NC12CCNCC2. The van der Waals surface area contributed by atoms with Crippen LogP contribution >= 0.6 is 0 Å². The lowest BCUT2D eigenvalue weighted by atomic mass is 9.89. The minimum Gasteiger partial charge on any atom is -0.317 e. The van der Waals surface area contributed by atoms with E-state index < -0.39 is 5.54 Å². The average Bonchev–Trinajstić information content (AvgIpc) is 2.77. The maximum absolute atomic E-state index is 12.1. The molecule has 0 unspecified atom stereocenters. The summed E-state index contributed by atoms with van der Waals surface area (Å²) in [7, 11) is 0. The van der Waals surface area contributed by atoms with Crippen LogP contribution in [0.25, 0.3) is 0 Å². The Labute approximate surface area is 109 Å². The van der Waals surface area contributed by atoms with Crippen molar-refractivity contribution in [2.24, 2.45) is 4.99 Å². The molecule has 1 amide bonds. The molecule has 0 radical (unpaired) electrons. The number of aliphatic imine (C=N–C) groups is 1. The number of amidine groups is 1. The molecule has 0 atom stereocenters. The van der Waals surface area contributed by atoms with Crippen molar-refractivity contribution in [2.45, 2.75) is 18.4 Å². The number of benzene rings is 1. The Hall–Kier alpha value is -1.95. The molecule has 1 fully saturated rings. The van der Waals surface area contributed by atoms with E-state index in [1.54, 1.807) is 12.1 Å². The molecule has 0 bridgehead atoms. The van der Waals surface area contributed by atoms with Crippen molar-refractivity contribution in [3.05, 3.63) is 29.8 Å². The van der Waals surface area contributed by atoms with E-state index in [1.807, 2.05) is 0 Å². The van der Waals surface area contributed by atoms with Crippen molar-refractivity contribution in [3.63, 3.8) is 0 Å². The minimum atomic E-state index is -0.629. The highest BCUT2D eigenvalue weighted by Gasteiger charge is 2.44. The summed E-state index contributed by atoms with van der Waals surface area (Å²) in [5.41, 5.74) is 0.125. The minimum absolute atomic E-state index is 0.0465. The van der Waals surface area contributed by atoms with Gasteiger partial charge in [0.15, 0.2) is 5.75 Å². The van der Waals surface area contributed by atoms with Gasteiger partial charge in [-0.3, -0.25) is 14.7 Å². The van der Waals surface area contributed by atoms with E-state index in [-0.39, 0.29) is 11.7 Å². The molecule has 2 N–H and O–H groups in total. The zero-order chi connectivity index (χ0) is 13.3. The number of carbonyl (C=O) groups excluding carboxylic acids is 1. The quantitative estimate of drug-likeness (QED) is 0.835. The van der Waals surface area contributed by atoms with Crippen molar-refractivity contribution in [2.75, 3.05) is 13.1 Å². The normalized spacial score (nSPS) is 21.1. The molecule has 2 aliphatic rings. The first-order chi connectivity index (χ1) is 9.23. The predicted octanol–water partition coefficient (Wildman–Crippen LogP) is 0.949. The zero-order valence-corrected chi connectivity index (χ0v) is 10.3. The standard InChI is InChI=1S/C13H14FN3O2/c14-19-10-3-1-9(2-4-10)11-16-12(18)13(17-11)5-7-15-8-6-13/h1-4,15H,5-8H2,(H,16,17,18). The Morgan fingerprint density at radius 3 is 2.53 bits per heavy atom. The molecule has 1 saturated heterocycles. The molecule has 100 valence electrons. The van der Waals surface area contributed by atoms with Gasteiger partial charge in [-0.1, -0.05) is 0 Å². The first kappa shape index (κ1) is 12.1. The topological polar surface area (TPSA) is 62.7 Å². The number of hydrogen-bond acceptors (Lipinski definition) is 4. The number of nitrogens with one attached hydrogen (secondary N) is 2. The van der Waals surface area contributed by atoms with E-state index in [2.05, 4.69) is 20.6 Å². The lowest BCUT2D eigenvalue weighted by Gasteiger charge is -2.28. The Morgan fingerprint density at radius 2 is 1.89 bits per heavy atom. The molecule has 1 spiro atoms. The van der Waals surface area contributed by atoms with E-state index in [4.69, 9.17) is 0 Å². The van der Waals surface area contributed by atoms with Crippen molar-refractivity contribution < 1.29 is 14.3 Å². The van der Waals surface area contributed by atoms with Gasteiger partial charge in [-0.2, -0.15) is 0 Å². The third kappa shape index (κ3) is 2.08. The van der Waals surface area contributed by atoms with E-state index in [0.29, 0.717) is 18.7 Å². The number of halogens is 1. The van der Waals surface area contributed by atoms with Gasteiger partial charge in [0.25, 0.3) is 5.91 Å². The molecular formula is C13H14FN3O2. The molecule has 0 aromatic heterocycles. The summed E-state index contributed by atoms with van der Waals surface area (Å²) >= 11 is 0. The average molecular weight is 263 g/mol. The largest absolute Gasteiger partial charge is 0.317 e. The second-order valence-electron chi connectivity index (χ2n) is 4.80. The highest BCUT2D eigenvalue weighted by Crippen LogP contribution is 2.28. The third-order valence-electron chi connectivity index (χ3n) is 3.63. The zero-order valence-electron chi connectivity index (χ0n) is 10.3. The fourth-order valence-electron chi connectivity index (χ4n) is 2.50. The number of rotatable bonds is 2. The van der Waals surface area contributed by atoms with E-state index in [9.17, 15) is 9.32 Å². The summed E-state index contributed by atoms with van der Waals surface area (Å²) in [6, 6.07) is 6.34. The van der Waals surface area contributed by atoms with Gasteiger partial charge in [0.2, 0.25) is 0 Å². The van der Waals surface area contributed by atoms with Crippen LogP contribution in [0, 0.1) is 0 Å². The number of amides is 1. The predicted molar refractivity (Wildman–Crippen MR) is 67.7 cm³/mol. The van der Waals surface area contributed by atoms with Crippen LogP contribution in [0.15, 0.2) is 29.3 Å². The molecule has 1 aromatic carbocycles. The van der Waals surface area contributed by atoms with E-state index >= 15 is 0 Å². The smallest absolute Gasteiger partial charge is 0.253 e. The summed E-state index contributed by atoms with van der Waals surface area (Å²) in [6.45, 7) is 1.58. The summed E-state index contributed by atoms with van der Waals surface area (Å²) in [4.78, 5) is 20.3. The van der Waals surface area contributed by atoms with Crippen LogP contribution < -0.4 is 15.6 Å². The summed E-state index contributed by atoms with van der Waals surface area (Å²) in [5, 5.41) is 6.04. The van der Waals surface area contributed by atoms with Crippen molar-refractivity contribution in [3.8, 4) is 5.75 Å². The molecule has 0 aliphatic carbocycles. The molecule has 2 aliphatic heterocycles. The Morgan fingerprint density at radius 1 is 1.21 bits per heavy atom. The fraction of sp³-hybridized carbons (Fsp3) is 0.385. The summed E-state index contributed by atoms with van der Waals surface area (Å²) in [6.07, 6.45) is 1.40. The van der Waals surface area contributed by atoms with Gasteiger partial charge >= 0.3 is 0 Å². The molecule has 1 aromatic rings. The fourth-order valence-corrected chi connectivity index (χ4v) is 2.50. The highest BCUT2D eigenvalue weighted by molar-refractivity contribution is 6.15. The van der Waals surface area contributed by atoms with Gasteiger partial charge in [-0.05, 0) is 50.2 Å². The highest BCUT2D eigenvalue weighted by atomic mass is 19.3. The monoisotopic (exact) mass is 263 g/mol. The lowest BCUT2D eigenvalue weighted by Crippen LogP contribution is -2.47. The third-order valence-corrected chi connectivity index (χ3v) is 3.63. The molecule has 19 heavy (non-hydrogen) atoms. The second-order valence-corrected chi connectivity index (χ2v) is 4.80. The van der Waals surface area contributed by atoms with Crippen LogP contribution in [-0.4, -0.2) is 30.4 Å². The Kier molecular flexibility index (Phi) is 2.94. The lowest BCUT2D eigenvalue weighted by molar-refractivity contribution is -0.124. The maximum atomic E-state index is 12.1. The van der Waals surface area contributed by atoms with Gasteiger partial charge < -0.3 is 10.6 Å². The van der Waals surface area contributed by atoms with Crippen LogP contribution in [-0.2, 0) is 4.79 Å². The van der Waals surface area contributed by atoms with Crippen LogP contribution in [0.2, 0.25) is 0 Å². The van der Waals surface area contributed by atoms with E-state index in [0.717, 1.165) is 18.7 Å². The van der Waals surface area contributed by atoms with Gasteiger partial charge in [0.05, 0.1) is 0 Å².